The van der Waals surface area contributed by atoms with Crippen LogP contribution < -0.4 is 5.73 Å². The molecule has 5 nitrogen and oxygen atoms in total. The highest BCUT2D eigenvalue weighted by atomic mass is 16.5. The van der Waals surface area contributed by atoms with Gasteiger partial charge >= 0.3 is 0 Å². The molecule has 0 bridgehead atoms. The Morgan fingerprint density at radius 1 is 1.12 bits per heavy atom. The second kappa shape index (κ2) is 8.83. The van der Waals surface area contributed by atoms with Crippen molar-refractivity contribution in [1.82, 2.24) is 0 Å². The second-order valence-corrected chi connectivity index (χ2v) is 4.47. The van der Waals surface area contributed by atoms with E-state index in [1.807, 2.05) is 0 Å². The molecule has 1 aliphatic rings. The zero-order valence-electron chi connectivity index (χ0n) is 10.8. The number of rotatable bonds is 10. The quantitative estimate of drug-likeness (QED) is 0.567. The van der Waals surface area contributed by atoms with Crippen molar-refractivity contribution in [2.45, 2.75) is 12.8 Å². The van der Waals surface area contributed by atoms with Gasteiger partial charge < -0.3 is 24.7 Å². The van der Waals surface area contributed by atoms with Gasteiger partial charge in [0.05, 0.1) is 33.0 Å². The van der Waals surface area contributed by atoms with Crippen LogP contribution in [-0.4, -0.2) is 59.9 Å². The summed E-state index contributed by atoms with van der Waals surface area (Å²) in [5.74, 6) is 0. The Labute approximate surface area is 104 Å². The molecule has 0 amide bonds. The molecule has 1 heterocycles. The van der Waals surface area contributed by atoms with Crippen LogP contribution in [0.5, 0.6) is 0 Å². The molecular formula is C12H25NO4. The standard InChI is InChI=1S/C12H25NO4/c1-14-6-7-16-9-8-15-4-2-12(10-13)3-5-17-11-12/h2-11,13H2,1H3. The summed E-state index contributed by atoms with van der Waals surface area (Å²) in [5, 5.41) is 0. The van der Waals surface area contributed by atoms with Gasteiger partial charge in [-0.05, 0) is 12.8 Å². The number of hydrogen-bond donors (Lipinski definition) is 1. The molecule has 2 N–H and O–H groups in total. The van der Waals surface area contributed by atoms with Gasteiger partial charge in [0, 0.05) is 32.3 Å². The lowest BCUT2D eigenvalue weighted by Gasteiger charge is -2.24. The Balaban J connectivity index is 1.92. The maximum Gasteiger partial charge on any atom is 0.0701 e. The Morgan fingerprint density at radius 3 is 2.41 bits per heavy atom. The van der Waals surface area contributed by atoms with Crippen molar-refractivity contribution in [2.24, 2.45) is 11.1 Å². The summed E-state index contributed by atoms with van der Waals surface area (Å²) in [6.07, 6.45) is 2.03. The van der Waals surface area contributed by atoms with Gasteiger partial charge in [-0.2, -0.15) is 0 Å². The molecule has 0 aliphatic carbocycles. The third-order valence-corrected chi connectivity index (χ3v) is 3.20. The number of methoxy groups -OCH3 is 1. The third-order valence-electron chi connectivity index (χ3n) is 3.20. The molecule has 17 heavy (non-hydrogen) atoms. The van der Waals surface area contributed by atoms with Gasteiger partial charge in [-0.1, -0.05) is 0 Å². The zero-order valence-corrected chi connectivity index (χ0v) is 10.8. The maximum absolute atomic E-state index is 5.79. The minimum Gasteiger partial charge on any atom is -0.382 e. The molecule has 102 valence electrons. The van der Waals surface area contributed by atoms with Crippen LogP contribution >= 0.6 is 0 Å². The van der Waals surface area contributed by atoms with Crippen molar-refractivity contribution in [2.75, 3.05) is 59.9 Å². The van der Waals surface area contributed by atoms with Crippen LogP contribution in [0, 0.1) is 5.41 Å². The van der Waals surface area contributed by atoms with E-state index in [-0.39, 0.29) is 5.41 Å². The molecule has 0 aromatic carbocycles. The van der Waals surface area contributed by atoms with Gasteiger partial charge in [-0.25, -0.2) is 0 Å². The summed E-state index contributed by atoms with van der Waals surface area (Å²) in [5.41, 5.74) is 5.94. The van der Waals surface area contributed by atoms with Crippen LogP contribution in [0.15, 0.2) is 0 Å². The van der Waals surface area contributed by atoms with Gasteiger partial charge in [-0.3, -0.25) is 0 Å². The predicted molar refractivity (Wildman–Crippen MR) is 65.1 cm³/mol. The monoisotopic (exact) mass is 247 g/mol. The highest BCUT2D eigenvalue weighted by Gasteiger charge is 2.32. The van der Waals surface area contributed by atoms with E-state index in [9.17, 15) is 0 Å². The van der Waals surface area contributed by atoms with Crippen molar-refractivity contribution in [3.8, 4) is 0 Å². The fourth-order valence-electron chi connectivity index (χ4n) is 1.86. The van der Waals surface area contributed by atoms with Crippen LogP contribution in [0.1, 0.15) is 12.8 Å². The Bertz CT molecular complexity index is 183. The van der Waals surface area contributed by atoms with E-state index in [0.717, 1.165) is 32.7 Å². The molecule has 5 heteroatoms. The van der Waals surface area contributed by atoms with E-state index >= 15 is 0 Å². The fourth-order valence-corrected chi connectivity index (χ4v) is 1.86. The molecular weight excluding hydrogens is 222 g/mol. The zero-order chi connectivity index (χ0) is 12.4. The fraction of sp³-hybridized carbons (Fsp3) is 1.00. The van der Waals surface area contributed by atoms with E-state index in [4.69, 9.17) is 24.7 Å². The van der Waals surface area contributed by atoms with Crippen molar-refractivity contribution < 1.29 is 18.9 Å². The van der Waals surface area contributed by atoms with E-state index < -0.39 is 0 Å². The number of nitrogens with two attached hydrogens (primary N) is 1. The van der Waals surface area contributed by atoms with Crippen LogP contribution in [0.25, 0.3) is 0 Å². The number of ether oxygens (including phenoxy) is 4. The third kappa shape index (κ3) is 5.79. The van der Waals surface area contributed by atoms with Crippen LogP contribution in [-0.2, 0) is 18.9 Å². The minimum atomic E-state index is 0.150. The molecule has 0 aromatic heterocycles. The lowest BCUT2D eigenvalue weighted by Crippen LogP contribution is -2.32. The van der Waals surface area contributed by atoms with Gasteiger partial charge in [0.25, 0.3) is 0 Å². The molecule has 1 rings (SSSR count). The van der Waals surface area contributed by atoms with Crippen molar-refractivity contribution >= 4 is 0 Å². The molecule has 1 saturated heterocycles. The van der Waals surface area contributed by atoms with E-state index in [0.29, 0.717) is 33.0 Å². The van der Waals surface area contributed by atoms with Crippen LogP contribution in [0.4, 0.5) is 0 Å². The van der Waals surface area contributed by atoms with E-state index in [1.165, 1.54) is 0 Å². The Morgan fingerprint density at radius 2 is 1.82 bits per heavy atom. The summed E-state index contributed by atoms with van der Waals surface area (Å²) >= 11 is 0. The minimum absolute atomic E-state index is 0.150. The average Bonchev–Trinajstić information content (AvgIpc) is 2.82. The first kappa shape index (κ1) is 14.9. The van der Waals surface area contributed by atoms with E-state index in [2.05, 4.69) is 0 Å². The Kier molecular flexibility index (Phi) is 7.72. The summed E-state index contributed by atoms with van der Waals surface area (Å²) < 4.78 is 21.1. The van der Waals surface area contributed by atoms with Crippen LogP contribution in [0.2, 0.25) is 0 Å². The lowest BCUT2D eigenvalue weighted by molar-refractivity contribution is 0.0159. The van der Waals surface area contributed by atoms with Gasteiger partial charge in [0.2, 0.25) is 0 Å². The smallest absolute Gasteiger partial charge is 0.0701 e. The molecule has 1 unspecified atom stereocenters. The molecule has 0 aromatic rings. The SMILES string of the molecule is COCCOCCOCCC1(CN)CCOC1. The van der Waals surface area contributed by atoms with Crippen molar-refractivity contribution in [3.63, 3.8) is 0 Å². The van der Waals surface area contributed by atoms with Crippen molar-refractivity contribution in [3.05, 3.63) is 0 Å². The first-order chi connectivity index (χ1) is 8.33. The first-order valence-corrected chi connectivity index (χ1v) is 6.25. The van der Waals surface area contributed by atoms with Crippen LogP contribution in [0.3, 0.4) is 0 Å². The second-order valence-electron chi connectivity index (χ2n) is 4.47. The summed E-state index contributed by atoms with van der Waals surface area (Å²) in [4.78, 5) is 0. The summed E-state index contributed by atoms with van der Waals surface area (Å²) in [7, 11) is 1.66. The summed E-state index contributed by atoms with van der Waals surface area (Å²) in [6.45, 7) is 5.53. The van der Waals surface area contributed by atoms with Gasteiger partial charge in [0.15, 0.2) is 0 Å². The normalized spacial score (nSPS) is 24.4. The molecule has 1 aliphatic heterocycles. The van der Waals surface area contributed by atoms with Gasteiger partial charge in [0.1, 0.15) is 0 Å². The number of hydrogen-bond acceptors (Lipinski definition) is 5. The lowest BCUT2D eigenvalue weighted by atomic mass is 9.84. The predicted octanol–water partition coefficient (Wildman–Crippen LogP) is 0.422. The molecule has 0 saturated carbocycles. The average molecular weight is 247 g/mol. The highest BCUT2D eigenvalue weighted by Crippen LogP contribution is 2.30. The molecule has 1 atom stereocenters. The molecule has 1 fully saturated rings. The van der Waals surface area contributed by atoms with Gasteiger partial charge in [-0.15, -0.1) is 0 Å². The largest absolute Gasteiger partial charge is 0.382 e. The molecule has 0 spiro atoms. The highest BCUT2D eigenvalue weighted by molar-refractivity contribution is 4.83. The van der Waals surface area contributed by atoms with E-state index in [1.54, 1.807) is 7.11 Å². The summed E-state index contributed by atoms with van der Waals surface area (Å²) in [6, 6.07) is 0. The van der Waals surface area contributed by atoms with Crippen molar-refractivity contribution in [1.29, 1.82) is 0 Å². The molecule has 0 radical (unpaired) electrons. The topological polar surface area (TPSA) is 62.9 Å². The first-order valence-electron chi connectivity index (χ1n) is 6.25. The maximum atomic E-state index is 5.79. The Hall–Kier alpha value is -0.200.